The molecule has 0 aromatic heterocycles. The van der Waals surface area contributed by atoms with Gasteiger partial charge in [-0.05, 0) is 0 Å². The molecule has 0 saturated heterocycles. The molecule has 0 spiro atoms. The highest BCUT2D eigenvalue weighted by Gasteiger charge is 2.86. The van der Waals surface area contributed by atoms with Crippen molar-refractivity contribution in [3.63, 3.8) is 0 Å². The summed E-state index contributed by atoms with van der Waals surface area (Å²) in [7, 11) is -7.35. The molecule has 0 rings (SSSR count). The van der Waals surface area contributed by atoms with E-state index in [1.807, 2.05) is 4.74 Å². The average Bonchev–Trinajstić information content (AvgIpc) is 2.25. The van der Waals surface area contributed by atoms with Crippen molar-refractivity contribution in [1.29, 1.82) is 0 Å². The van der Waals surface area contributed by atoms with Crippen molar-refractivity contribution in [2.45, 2.75) is 23.2 Å². The van der Waals surface area contributed by atoms with Crippen LogP contribution in [0.15, 0.2) is 12.1 Å². The molecule has 4 nitrogen and oxygen atoms in total. The lowest BCUT2D eigenvalue weighted by Gasteiger charge is -2.34. The molecule has 0 amide bonds. The summed E-state index contributed by atoms with van der Waals surface area (Å²) >= 11 is 0. The van der Waals surface area contributed by atoms with Crippen LogP contribution in [-0.2, 0) is 14.9 Å². The third kappa shape index (κ3) is 3.06. The van der Waals surface area contributed by atoms with Gasteiger partial charge in [-0.1, -0.05) is 0 Å². The molecule has 1 N–H and O–H groups in total. The zero-order valence-electron chi connectivity index (χ0n) is 9.24. The Labute approximate surface area is 112 Å². The van der Waals surface area contributed by atoms with Gasteiger partial charge in [-0.15, -0.1) is 0 Å². The van der Waals surface area contributed by atoms with E-state index in [9.17, 15) is 56.7 Å². The van der Waals surface area contributed by atoms with E-state index < -0.39 is 45.4 Å². The summed E-state index contributed by atoms with van der Waals surface area (Å²) < 4.78 is 165. The Hall–Kier alpha value is -1.32. The van der Waals surface area contributed by atoms with Gasteiger partial charge < -0.3 is 4.74 Å². The SMILES string of the molecule is O=S(=O)(O)C(F)(F)C(F)(F)C(F)(F)C(F)(F)OC(F)=C(F)F. The smallest absolute Gasteiger partial charge is 0.397 e. The van der Waals surface area contributed by atoms with Gasteiger partial charge in [-0.3, -0.25) is 4.55 Å². The summed E-state index contributed by atoms with van der Waals surface area (Å²) in [4.78, 5) is 0. The average molecular weight is 378 g/mol. The van der Waals surface area contributed by atoms with Crippen LogP contribution in [0.5, 0.6) is 0 Å². The highest BCUT2D eigenvalue weighted by Crippen LogP contribution is 2.54. The molecular weight excluding hydrogens is 377 g/mol. The van der Waals surface area contributed by atoms with Gasteiger partial charge in [0.25, 0.3) is 0 Å². The molecule has 0 radical (unpaired) electrons. The highest BCUT2D eigenvalue weighted by atomic mass is 32.2. The molecule has 0 saturated carbocycles. The van der Waals surface area contributed by atoms with Crippen LogP contribution in [0, 0.1) is 0 Å². The van der Waals surface area contributed by atoms with Crippen LogP contribution < -0.4 is 0 Å². The van der Waals surface area contributed by atoms with E-state index in [0.29, 0.717) is 0 Å². The summed E-state index contributed by atoms with van der Waals surface area (Å²) in [6.07, 6.45) is -10.9. The number of hydrogen-bond acceptors (Lipinski definition) is 3. The minimum absolute atomic E-state index is 1.85. The fourth-order valence-corrected chi connectivity index (χ4v) is 1.19. The monoisotopic (exact) mass is 378 g/mol. The molecule has 0 bridgehead atoms. The fraction of sp³-hybridized carbons (Fsp3) is 0.667. The van der Waals surface area contributed by atoms with Gasteiger partial charge in [0.05, 0.1) is 0 Å². The van der Waals surface area contributed by atoms with Crippen LogP contribution in [0.25, 0.3) is 0 Å². The Morgan fingerprint density at radius 1 is 0.818 bits per heavy atom. The fourth-order valence-electron chi connectivity index (χ4n) is 0.743. The van der Waals surface area contributed by atoms with E-state index >= 15 is 0 Å². The van der Waals surface area contributed by atoms with Crippen LogP contribution in [-0.4, -0.2) is 36.2 Å². The van der Waals surface area contributed by atoms with Crippen molar-refractivity contribution in [2.75, 3.05) is 0 Å². The third-order valence-corrected chi connectivity index (χ3v) is 2.72. The second-order valence-electron chi connectivity index (χ2n) is 3.29. The van der Waals surface area contributed by atoms with E-state index in [2.05, 4.69) is 0 Å². The molecule has 16 heteroatoms. The zero-order chi connectivity index (χ0) is 18.4. The molecular formula is C6HF11O4S. The van der Waals surface area contributed by atoms with Crippen LogP contribution >= 0.6 is 0 Å². The largest absolute Gasteiger partial charge is 0.473 e. The molecule has 0 heterocycles. The van der Waals surface area contributed by atoms with E-state index in [0.717, 1.165) is 0 Å². The first-order chi connectivity index (χ1) is 9.33. The highest BCUT2D eigenvalue weighted by molar-refractivity contribution is 7.87. The first-order valence-corrected chi connectivity index (χ1v) is 5.65. The quantitative estimate of drug-likeness (QED) is 0.437. The number of halogens is 11. The van der Waals surface area contributed by atoms with Gasteiger partial charge in [0, 0.05) is 0 Å². The van der Waals surface area contributed by atoms with Crippen LogP contribution in [0.3, 0.4) is 0 Å². The predicted molar refractivity (Wildman–Crippen MR) is 42.8 cm³/mol. The maximum absolute atomic E-state index is 12.7. The van der Waals surface area contributed by atoms with Crippen LogP contribution in [0.2, 0.25) is 0 Å². The van der Waals surface area contributed by atoms with Gasteiger partial charge in [0.15, 0.2) is 0 Å². The standard InChI is InChI=1S/C6HF11O4S/c7-1(8)2(9)21-5(14,15)3(10,11)4(12,13)6(16,17)22(18,19)20/h(H,18,19,20). The summed E-state index contributed by atoms with van der Waals surface area (Å²) in [5.74, 6) is -15.1. The number of hydrogen-bond donors (Lipinski definition) is 1. The Morgan fingerprint density at radius 2 is 1.18 bits per heavy atom. The number of rotatable bonds is 6. The van der Waals surface area contributed by atoms with E-state index in [1.165, 1.54) is 0 Å². The zero-order valence-corrected chi connectivity index (χ0v) is 10.1. The molecule has 132 valence electrons. The number of alkyl halides is 8. The topological polar surface area (TPSA) is 63.6 Å². The maximum Gasteiger partial charge on any atom is 0.473 e. The van der Waals surface area contributed by atoms with E-state index in [-0.39, 0.29) is 0 Å². The van der Waals surface area contributed by atoms with Gasteiger partial charge in [0.1, 0.15) is 0 Å². The van der Waals surface area contributed by atoms with Gasteiger partial charge in [-0.25, -0.2) is 0 Å². The molecule has 0 aliphatic heterocycles. The Bertz CT molecular complexity index is 561. The molecule has 0 aromatic carbocycles. The minimum Gasteiger partial charge on any atom is -0.397 e. The Kier molecular flexibility index (Phi) is 5.07. The van der Waals surface area contributed by atoms with E-state index in [4.69, 9.17) is 4.55 Å². The van der Waals surface area contributed by atoms with Crippen molar-refractivity contribution in [1.82, 2.24) is 0 Å². The van der Waals surface area contributed by atoms with Crippen molar-refractivity contribution in [3.8, 4) is 0 Å². The van der Waals surface area contributed by atoms with Gasteiger partial charge in [-0.2, -0.15) is 56.7 Å². The first kappa shape index (κ1) is 20.7. The first-order valence-electron chi connectivity index (χ1n) is 4.21. The van der Waals surface area contributed by atoms with E-state index in [1.54, 1.807) is 0 Å². The third-order valence-electron chi connectivity index (χ3n) is 1.82. The normalized spacial score (nSPS) is 14.7. The molecule has 0 atom stereocenters. The van der Waals surface area contributed by atoms with Crippen molar-refractivity contribution in [2.24, 2.45) is 0 Å². The lowest BCUT2D eigenvalue weighted by molar-refractivity contribution is -0.413. The Morgan fingerprint density at radius 3 is 1.45 bits per heavy atom. The van der Waals surface area contributed by atoms with Crippen molar-refractivity contribution in [3.05, 3.63) is 12.1 Å². The molecule has 0 unspecified atom stereocenters. The summed E-state index contributed by atoms with van der Waals surface area (Å²) in [5.41, 5.74) is 0. The lowest BCUT2D eigenvalue weighted by atomic mass is 10.1. The van der Waals surface area contributed by atoms with Crippen molar-refractivity contribution < 1.29 is 66.0 Å². The maximum atomic E-state index is 12.7. The molecule has 0 aliphatic carbocycles. The molecule has 0 aromatic rings. The van der Waals surface area contributed by atoms with Crippen LogP contribution in [0.1, 0.15) is 0 Å². The lowest BCUT2D eigenvalue weighted by Crippen LogP contribution is -2.64. The van der Waals surface area contributed by atoms with Gasteiger partial charge >= 0.3 is 45.4 Å². The summed E-state index contributed by atoms with van der Waals surface area (Å²) in [6, 6.07) is -3.81. The predicted octanol–water partition coefficient (Wildman–Crippen LogP) is 3.38. The molecule has 0 fully saturated rings. The molecule has 0 aliphatic rings. The minimum atomic E-state index is -7.58. The Balaban J connectivity index is 6.06. The van der Waals surface area contributed by atoms with Crippen molar-refractivity contribution >= 4 is 10.1 Å². The number of ether oxygens (including phenoxy) is 1. The second-order valence-corrected chi connectivity index (χ2v) is 4.76. The van der Waals surface area contributed by atoms with Gasteiger partial charge in [0.2, 0.25) is 0 Å². The summed E-state index contributed by atoms with van der Waals surface area (Å²) in [6.45, 7) is 0. The second kappa shape index (κ2) is 5.39. The summed E-state index contributed by atoms with van der Waals surface area (Å²) in [5, 5.41) is -7.19. The molecule has 22 heavy (non-hydrogen) atoms. The van der Waals surface area contributed by atoms with Crippen LogP contribution in [0.4, 0.5) is 48.3 Å².